The fourth-order valence-electron chi connectivity index (χ4n) is 3.21. The van der Waals surface area contributed by atoms with Crippen molar-refractivity contribution in [3.05, 3.63) is 29.7 Å². The van der Waals surface area contributed by atoms with E-state index in [1.54, 1.807) is 25.1 Å². The lowest BCUT2D eigenvalue weighted by Gasteiger charge is -2.19. The first kappa shape index (κ1) is 19.5. The Morgan fingerprint density at radius 2 is 1.93 bits per heavy atom. The highest BCUT2D eigenvalue weighted by Crippen LogP contribution is 2.32. The molecule has 1 aromatic carbocycles. The minimum Gasteiger partial charge on any atom is -0.419 e. The summed E-state index contributed by atoms with van der Waals surface area (Å²) in [5.41, 5.74) is 7.07. The molecule has 0 spiro atoms. The third-order valence-corrected chi connectivity index (χ3v) is 6.07. The molecule has 8 nitrogen and oxygen atoms in total. The Morgan fingerprint density at radius 1 is 1.26 bits per heavy atom. The number of ketones is 1. The number of Topliss-reactive ketones (excluding diaryl/α,β-unsaturated/α-hetero) is 1. The van der Waals surface area contributed by atoms with Crippen LogP contribution in [0.2, 0.25) is 0 Å². The van der Waals surface area contributed by atoms with Gasteiger partial charge in [0.25, 0.3) is 0 Å². The number of hydrogen-bond acceptors (Lipinski definition) is 7. The SMILES string of the molecule is C[C@H](N)c1nnc(-c2cc(C(=O)C3CCCC3)cc(N(C)S(C)(=O)=O)c2)o1. The summed E-state index contributed by atoms with van der Waals surface area (Å²) in [5.74, 6) is 0.463. The molecule has 146 valence electrons. The molecule has 1 saturated carbocycles. The van der Waals surface area contributed by atoms with Gasteiger partial charge in [0.2, 0.25) is 21.8 Å². The number of carbonyl (C=O) groups is 1. The van der Waals surface area contributed by atoms with Gasteiger partial charge in [0.1, 0.15) is 0 Å². The second-order valence-corrected chi connectivity index (χ2v) is 9.09. The maximum Gasteiger partial charge on any atom is 0.247 e. The highest BCUT2D eigenvalue weighted by molar-refractivity contribution is 7.92. The molecule has 3 rings (SSSR count). The van der Waals surface area contributed by atoms with Crippen molar-refractivity contribution in [1.82, 2.24) is 10.2 Å². The Labute approximate surface area is 158 Å². The molecule has 0 amide bonds. The maximum absolute atomic E-state index is 12.9. The summed E-state index contributed by atoms with van der Waals surface area (Å²) < 4.78 is 30.7. The van der Waals surface area contributed by atoms with Gasteiger partial charge in [-0.05, 0) is 38.0 Å². The summed E-state index contributed by atoms with van der Waals surface area (Å²) in [4.78, 5) is 12.9. The zero-order valence-corrected chi connectivity index (χ0v) is 16.5. The third kappa shape index (κ3) is 4.19. The predicted molar refractivity (Wildman–Crippen MR) is 102 cm³/mol. The molecule has 0 saturated heterocycles. The van der Waals surface area contributed by atoms with Crippen molar-refractivity contribution in [3.63, 3.8) is 0 Å². The molecule has 9 heteroatoms. The van der Waals surface area contributed by atoms with Crippen LogP contribution in [-0.2, 0) is 10.0 Å². The van der Waals surface area contributed by atoms with E-state index in [0.29, 0.717) is 16.8 Å². The van der Waals surface area contributed by atoms with Gasteiger partial charge in [0, 0.05) is 24.1 Å². The van der Waals surface area contributed by atoms with Gasteiger partial charge in [0.05, 0.1) is 18.0 Å². The summed E-state index contributed by atoms with van der Waals surface area (Å²) in [5, 5.41) is 7.90. The van der Waals surface area contributed by atoms with Crippen LogP contribution in [0.4, 0.5) is 5.69 Å². The molecule has 0 aliphatic heterocycles. The van der Waals surface area contributed by atoms with Gasteiger partial charge < -0.3 is 10.2 Å². The number of nitrogens with two attached hydrogens (primary N) is 1. The van der Waals surface area contributed by atoms with Crippen LogP contribution >= 0.6 is 0 Å². The topological polar surface area (TPSA) is 119 Å². The van der Waals surface area contributed by atoms with Crippen LogP contribution in [0.15, 0.2) is 22.6 Å². The van der Waals surface area contributed by atoms with Crippen LogP contribution in [0, 0.1) is 5.92 Å². The van der Waals surface area contributed by atoms with E-state index in [-0.39, 0.29) is 23.5 Å². The zero-order chi connectivity index (χ0) is 19.8. The number of nitrogens with zero attached hydrogens (tertiary/aromatic N) is 3. The van der Waals surface area contributed by atoms with Crippen molar-refractivity contribution in [2.24, 2.45) is 11.7 Å². The highest BCUT2D eigenvalue weighted by atomic mass is 32.2. The van der Waals surface area contributed by atoms with E-state index in [2.05, 4.69) is 10.2 Å². The summed E-state index contributed by atoms with van der Waals surface area (Å²) in [6.45, 7) is 1.72. The first-order chi connectivity index (χ1) is 12.7. The van der Waals surface area contributed by atoms with Crippen LogP contribution in [0.1, 0.15) is 54.9 Å². The molecular weight excluding hydrogens is 368 g/mol. The van der Waals surface area contributed by atoms with Gasteiger partial charge >= 0.3 is 0 Å². The van der Waals surface area contributed by atoms with Crippen molar-refractivity contribution >= 4 is 21.5 Å². The first-order valence-electron chi connectivity index (χ1n) is 8.89. The van der Waals surface area contributed by atoms with Crippen LogP contribution in [0.5, 0.6) is 0 Å². The molecule has 1 fully saturated rings. The first-order valence-corrected chi connectivity index (χ1v) is 10.7. The number of aromatic nitrogens is 2. The molecule has 2 N–H and O–H groups in total. The predicted octanol–water partition coefficient (Wildman–Crippen LogP) is 2.53. The Bertz CT molecular complexity index is 946. The molecule has 1 atom stereocenters. The molecule has 1 aliphatic rings. The smallest absolute Gasteiger partial charge is 0.247 e. The highest BCUT2D eigenvalue weighted by Gasteiger charge is 2.26. The van der Waals surface area contributed by atoms with Gasteiger partial charge in [0.15, 0.2) is 5.78 Å². The van der Waals surface area contributed by atoms with Gasteiger partial charge in [-0.25, -0.2) is 8.42 Å². The van der Waals surface area contributed by atoms with Crippen LogP contribution in [0.25, 0.3) is 11.5 Å². The van der Waals surface area contributed by atoms with E-state index in [0.717, 1.165) is 36.2 Å². The van der Waals surface area contributed by atoms with Crippen molar-refractivity contribution in [2.75, 3.05) is 17.6 Å². The fourth-order valence-corrected chi connectivity index (χ4v) is 3.70. The maximum atomic E-state index is 12.9. The van der Waals surface area contributed by atoms with Crippen LogP contribution in [-0.4, -0.2) is 37.7 Å². The zero-order valence-electron chi connectivity index (χ0n) is 15.7. The molecule has 27 heavy (non-hydrogen) atoms. The Kier molecular flexibility index (Phi) is 5.34. The monoisotopic (exact) mass is 392 g/mol. The molecular formula is C18H24N4O4S. The lowest BCUT2D eigenvalue weighted by Crippen LogP contribution is -2.25. The summed E-state index contributed by atoms with van der Waals surface area (Å²) >= 11 is 0. The fraction of sp³-hybridized carbons (Fsp3) is 0.500. The Hall–Kier alpha value is -2.26. The average Bonchev–Trinajstić information content (AvgIpc) is 3.30. The second kappa shape index (κ2) is 7.40. The lowest BCUT2D eigenvalue weighted by atomic mass is 9.94. The normalized spacial score (nSPS) is 16.4. The van der Waals surface area contributed by atoms with Gasteiger partial charge in [-0.3, -0.25) is 9.10 Å². The number of carbonyl (C=O) groups excluding carboxylic acids is 1. The van der Waals surface area contributed by atoms with E-state index < -0.39 is 16.1 Å². The Balaban J connectivity index is 2.08. The van der Waals surface area contributed by atoms with E-state index in [4.69, 9.17) is 10.2 Å². The largest absolute Gasteiger partial charge is 0.419 e. The minimum absolute atomic E-state index is 0.0180. The summed E-state index contributed by atoms with van der Waals surface area (Å²) in [6, 6.07) is 4.48. The third-order valence-electron chi connectivity index (χ3n) is 4.87. The number of benzene rings is 1. The molecule has 0 bridgehead atoms. The van der Waals surface area contributed by atoms with Crippen LogP contribution in [0.3, 0.4) is 0 Å². The molecule has 0 radical (unpaired) electrons. The van der Waals surface area contributed by atoms with Crippen molar-refractivity contribution < 1.29 is 17.6 Å². The van der Waals surface area contributed by atoms with Crippen molar-refractivity contribution in [2.45, 2.75) is 38.6 Å². The van der Waals surface area contributed by atoms with E-state index in [9.17, 15) is 13.2 Å². The molecule has 1 aromatic heterocycles. The molecule has 1 aliphatic carbocycles. The lowest BCUT2D eigenvalue weighted by molar-refractivity contribution is 0.0923. The van der Waals surface area contributed by atoms with Crippen LogP contribution < -0.4 is 10.0 Å². The summed E-state index contributed by atoms with van der Waals surface area (Å²) in [6.07, 6.45) is 4.89. The minimum atomic E-state index is -3.49. The number of anilines is 1. The molecule has 1 heterocycles. The standard InChI is InChI=1S/C18H24N4O4S/c1-11(19)17-20-21-18(26-17)14-8-13(16(23)12-6-4-5-7-12)9-15(10-14)22(2)27(3,24)25/h8-12H,4-7,19H2,1-3H3/t11-/m0/s1. The number of rotatable bonds is 6. The molecule has 0 unspecified atom stereocenters. The van der Waals surface area contributed by atoms with Crippen molar-refractivity contribution in [1.29, 1.82) is 0 Å². The van der Waals surface area contributed by atoms with Gasteiger partial charge in [-0.1, -0.05) is 12.8 Å². The quantitative estimate of drug-likeness (QED) is 0.750. The summed E-state index contributed by atoms with van der Waals surface area (Å²) in [7, 11) is -2.05. The van der Waals surface area contributed by atoms with E-state index in [1.165, 1.54) is 7.05 Å². The molecule has 2 aromatic rings. The van der Waals surface area contributed by atoms with E-state index in [1.807, 2.05) is 0 Å². The van der Waals surface area contributed by atoms with Crippen molar-refractivity contribution in [3.8, 4) is 11.5 Å². The van der Waals surface area contributed by atoms with E-state index >= 15 is 0 Å². The Morgan fingerprint density at radius 3 is 2.48 bits per heavy atom. The average molecular weight is 392 g/mol. The van der Waals surface area contributed by atoms with Gasteiger partial charge in [-0.15, -0.1) is 10.2 Å². The van der Waals surface area contributed by atoms with Gasteiger partial charge in [-0.2, -0.15) is 0 Å². The second-order valence-electron chi connectivity index (χ2n) is 7.08. The number of sulfonamides is 1. The number of hydrogen-bond donors (Lipinski definition) is 1.